The SMILES string of the molecule is Cc1ccc(-c2cc(C(=O)NNC(=O)CCOCC3CCCO3)c3ccccc3n2)cc1. The van der Waals surface area contributed by atoms with Crippen molar-refractivity contribution in [3.05, 3.63) is 65.7 Å². The number of nitrogens with one attached hydrogen (secondary N) is 2. The highest BCUT2D eigenvalue weighted by atomic mass is 16.5. The van der Waals surface area contributed by atoms with E-state index in [-0.39, 0.29) is 25.0 Å². The summed E-state index contributed by atoms with van der Waals surface area (Å²) in [5, 5.41) is 0.718. The van der Waals surface area contributed by atoms with Gasteiger partial charge in [0.2, 0.25) is 5.91 Å². The van der Waals surface area contributed by atoms with E-state index in [0.29, 0.717) is 23.4 Å². The van der Waals surface area contributed by atoms with Crippen LogP contribution in [0.4, 0.5) is 0 Å². The average Bonchev–Trinajstić information content (AvgIpc) is 3.33. The van der Waals surface area contributed by atoms with E-state index < -0.39 is 5.91 Å². The second-order valence-corrected chi connectivity index (χ2v) is 7.90. The minimum atomic E-state index is -0.398. The first-order valence-electron chi connectivity index (χ1n) is 10.9. The molecule has 7 heteroatoms. The normalized spacial score (nSPS) is 15.6. The van der Waals surface area contributed by atoms with E-state index >= 15 is 0 Å². The van der Waals surface area contributed by atoms with Crippen molar-refractivity contribution in [2.75, 3.05) is 19.8 Å². The fourth-order valence-electron chi connectivity index (χ4n) is 3.65. The van der Waals surface area contributed by atoms with E-state index in [2.05, 4.69) is 10.9 Å². The molecule has 1 saturated heterocycles. The van der Waals surface area contributed by atoms with Crippen molar-refractivity contribution >= 4 is 22.7 Å². The van der Waals surface area contributed by atoms with Crippen LogP contribution in [0.15, 0.2) is 54.6 Å². The highest BCUT2D eigenvalue weighted by Gasteiger charge is 2.16. The average molecular weight is 434 g/mol. The van der Waals surface area contributed by atoms with Crippen molar-refractivity contribution in [1.29, 1.82) is 0 Å². The molecule has 2 aromatic carbocycles. The van der Waals surface area contributed by atoms with Gasteiger partial charge < -0.3 is 9.47 Å². The highest BCUT2D eigenvalue weighted by molar-refractivity contribution is 6.07. The molecule has 2 N–H and O–H groups in total. The third-order valence-corrected chi connectivity index (χ3v) is 5.42. The molecule has 1 atom stereocenters. The third kappa shape index (κ3) is 5.49. The molecule has 1 fully saturated rings. The molecule has 2 amide bonds. The number of rotatable bonds is 7. The summed E-state index contributed by atoms with van der Waals surface area (Å²) < 4.78 is 11.0. The van der Waals surface area contributed by atoms with Gasteiger partial charge in [0.05, 0.1) is 42.5 Å². The maximum absolute atomic E-state index is 12.9. The van der Waals surface area contributed by atoms with Crippen LogP contribution in [-0.4, -0.2) is 42.7 Å². The number of para-hydroxylation sites is 1. The largest absolute Gasteiger partial charge is 0.378 e. The van der Waals surface area contributed by atoms with E-state index in [1.54, 1.807) is 6.07 Å². The van der Waals surface area contributed by atoms with Crippen LogP contribution in [0.1, 0.15) is 35.2 Å². The lowest BCUT2D eigenvalue weighted by molar-refractivity contribution is -0.123. The summed E-state index contributed by atoms with van der Waals surface area (Å²) >= 11 is 0. The third-order valence-electron chi connectivity index (χ3n) is 5.42. The number of hydrogen-bond acceptors (Lipinski definition) is 5. The molecule has 4 rings (SSSR count). The number of pyridine rings is 1. The van der Waals surface area contributed by atoms with E-state index in [1.165, 1.54) is 0 Å². The Morgan fingerprint density at radius 3 is 2.72 bits per heavy atom. The van der Waals surface area contributed by atoms with Gasteiger partial charge in [-0.05, 0) is 31.9 Å². The smallest absolute Gasteiger partial charge is 0.270 e. The maximum Gasteiger partial charge on any atom is 0.270 e. The first-order valence-corrected chi connectivity index (χ1v) is 10.9. The van der Waals surface area contributed by atoms with Gasteiger partial charge in [-0.15, -0.1) is 0 Å². The van der Waals surface area contributed by atoms with Crippen molar-refractivity contribution in [3.63, 3.8) is 0 Å². The van der Waals surface area contributed by atoms with Crippen molar-refractivity contribution < 1.29 is 19.1 Å². The molecule has 0 saturated carbocycles. The highest BCUT2D eigenvalue weighted by Crippen LogP contribution is 2.25. The number of hydrogen-bond donors (Lipinski definition) is 2. The fourth-order valence-corrected chi connectivity index (χ4v) is 3.65. The Hall–Kier alpha value is -3.29. The van der Waals surface area contributed by atoms with Gasteiger partial charge in [-0.3, -0.25) is 20.4 Å². The lowest BCUT2D eigenvalue weighted by atomic mass is 10.0. The number of benzene rings is 2. The maximum atomic E-state index is 12.9. The summed E-state index contributed by atoms with van der Waals surface area (Å²) in [6.45, 7) is 3.56. The minimum absolute atomic E-state index is 0.125. The number of ether oxygens (including phenoxy) is 2. The molecular weight excluding hydrogens is 406 g/mol. The van der Waals surface area contributed by atoms with Crippen molar-refractivity contribution in [1.82, 2.24) is 15.8 Å². The quantitative estimate of drug-likeness (QED) is 0.439. The molecule has 2 heterocycles. The Kier molecular flexibility index (Phi) is 7.09. The fraction of sp³-hybridized carbons (Fsp3) is 0.320. The number of aromatic nitrogens is 1. The molecule has 0 aliphatic carbocycles. The summed E-state index contributed by atoms with van der Waals surface area (Å²) in [5.74, 6) is -0.714. The molecule has 1 aromatic heterocycles. The van der Waals surface area contributed by atoms with E-state index in [1.807, 2.05) is 55.5 Å². The van der Waals surface area contributed by atoms with Crippen LogP contribution in [0.3, 0.4) is 0 Å². The summed E-state index contributed by atoms with van der Waals surface area (Å²) in [6.07, 6.45) is 2.32. The van der Waals surface area contributed by atoms with Crippen LogP contribution < -0.4 is 10.9 Å². The molecule has 3 aromatic rings. The van der Waals surface area contributed by atoms with Crippen LogP contribution in [0.2, 0.25) is 0 Å². The van der Waals surface area contributed by atoms with Gasteiger partial charge in [-0.25, -0.2) is 4.98 Å². The van der Waals surface area contributed by atoms with Gasteiger partial charge in [0.15, 0.2) is 0 Å². The van der Waals surface area contributed by atoms with Crippen LogP contribution in [-0.2, 0) is 14.3 Å². The van der Waals surface area contributed by atoms with Crippen molar-refractivity contribution in [2.45, 2.75) is 32.3 Å². The summed E-state index contributed by atoms with van der Waals surface area (Å²) in [5.41, 5.74) is 8.91. The number of fused-ring (bicyclic) bond motifs is 1. The Morgan fingerprint density at radius 2 is 1.94 bits per heavy atom. The Morgan fingerprint density at radius 1 is 1.12 bits per heavy atom. The van der Waals surface area contributed by atoms with Gasteiger partial charge in [-0.2, -0.15) is 0 Å². The van der Waals surface area contributed by atoms with Crippen molar-refractivity contribution in [3.8, 4) is 11.3 Å². The van der Waals surface area contributed by atoms with Gasteiger partial charge in [0, 0.05) is 17.6 Å². The Balaban J connectivity index is 1.39. The summed E-state index contributed by atoms with van der Waals surface area (Å²) in [6, 6.07) is 17.2. The molecule has 166 valence electrons. The summed E-state index contributed by atoms with van der Waals surface area (Å²) in [7, 11) is 0. The number of carbonyl (C=O) groups excluding carboxylic acids is 2. The Labute approximate surface area is 187 Å². The zero-order chi connectivity index (χ0) is 22.3. The first kappa shape index (κ1) is 21.9. The lowest BCUT2D eigenvalue weighted by Gasteiger charge is -2.12. The van der Waals surface area contributed by atoms with Gasteiger partial charge in [0.25, 0.3) is 5.91 Å². The molecule has 32 heavy (non-hydrogen) atoms. The number of nitrogens with zero attached hydrogens (tertiary/aromatic N) is 1. The van der Waals surface area contributed by atoms with E-state index in [0.717, 1.165) is 36.0 Å². The standard InChI is InChI=1S/C25H27N3O4/c1-17-8-10-18(11-9-17)23-15-21(20-6-2-3-7-22(20)26-23)25(30)28-27-24(29)12-14-31-16-19-5-4-13-32-19/h2-3,6-11,15,19H,4-5,12-14,16H2,1H3,(H,27,29)(H,28,30). The van der Waals surface area contributed by atoms with E-state index in [4.69, 9.17) is 14.5 Å². The lowest BCUT2D eigenvalue weighted by Crippen LogP contribution is -2.42. The van der Waals surface area contributed by atoms with Crippen molar-refractivity contribution in [2.24, 2.45) is 0 Å². The predicted octanol–water partition coefficient (Wildman–Crippen LogP) is 3.56. The molecular formula is C25H27N3O4. The zero-order valence-electron chi connectivity index (χ0n) is 18.1. The molecule has 0 spiro atoms. The molecule has 1 unspecified atom stereocenters. The predicted molar refractivity (Wildman–Crippen MR) is 122 cm³/mol. The Bertz CT molecular complexity index is 1090. The number of carbonyl (C=O) groups is 2. The number of aryl methyl sites for hydroxylation is 1. The van der Waals surface area contributed by atoms with Gasteiger partial charge >= 0.3 is 0 Å². The minimum Gasteiger partial charge on any atom is -0.378 e. The molecule has 1 aliphatic heterocycles. The summed E-state index contributed by atoms with van der Waals surface area (Å²) in [4.78, 5) is 29.7. The monoisotopic (exact) mass is 433 g/mol. The van der Waals surface area contributed by atoms with Gasteiger partial charge in [-0.1, -0.05) is 48.0 Å². The van der Waals surface area contributed by atoms with Crippen LogP contribution >= 0.6 is 0 Å². The van der Waals surface area contributed by atoms with Gasteiger partial charge in [0.1, 0.15) is 0 Å². The molecule has 0 bridgehead atoms. The molecule has 0 radical (unpaired) electrons. The molecule has 1 aliphatic rings. The second kappa shape index (κ2) is 10.3. The molecule has 7 nitrogen and oxygen atoms in total. The topological polar surface area (TPSA) is 89.6 Å². The van der Waals surface area contributed by atoms with Crippen LogP contribution in [0, 0.1) is 6.92 Å². The van der Waals surface area contributed by atoms with Crippen LogP contribution in [0.5, 0.6) is 0 Å². The van der Waals surface area contributed by atoms with Crippen LogP contribution in [0.25, 0.3) is 22.2 Å². The van der Waals surface area contributed by atoms with E-state index in [9.17, 15) is 9.59 Å². The first-order chi connectivity index (χ1) is 15.6. The number of hydrazine groups is 1. The zero-order valence-corrected chi connectivity index (χ0v) is 18.1. The number of amides is 2. The second-order valence-electron chi connectivity index (χ2n) is 7.90.